The molecule has 1 unspecified atom stereocenters. The lowest BCUT2D eigenvalue weighted by Crippen LogP contribution is -2.10. The summed E-state index contributed by atoms with van der Waals surface area (Å²) < 4.78 is 2.05. The lowest BCUT2D eigenvalue weighted by molar-refractivity contribution is 0.667. The number of nitrogens with two attached hydrogens (primary N) is 1. The number of hydrogen-bond acceptors (Lipinski definition) is 3. The molecule has 3 aromatic rings. The van der Waals surface area contributed by atoms with Crippen LogP contribution in [0.1, 0.15) is 18.5 Å². The molecule has 0 amide bonds. The number of aromatic nitrogens is 3. The summed E-state index contributed by atoms with van der Waals surface area (Å²) in [5.74, 6) is 0.542. The van der Waals surface area contributed by atoms with Gasteiger partial charge in [-0.1, -0.05) is 12.1 Å². The Morgan fingerprint density at radius 3 is 2.61 bits per heavy atom. The molecular weight excluding hydrogens is 224 g/mol. The second kappa shape index (κ2) is 4.14. The first-order chi connectivity index (χ1) is 8.77. The topological polar surface area (TPSA) is 56.7 Å². The van der Waals surface area contributed by atoms with Gasteiger partial charge in [0.1, 0.15) is 0 Å². The molecule has 90 valence electrons. The number of nitrogens with zero attached hydrogens (tertiary/aromatic N) is 3. The Balaban J connectivity index is 2.17. The van der Waals surface area contributed by atoms with E-state index >= 15 is 0 Å². The molecule has 2 aromatic heterocycles. The third-order valence-corrected chi connectivity index (χ3v) is 3.20. The van der Waals surface area contributed by atoms with E-state index in [0.717, 1.165) is 11.0 Å². The average molecular weight is 238 g/mol. The molecule has 0 bridgehead atoms. The molecule has 1 atom stereocenters. The van der Waals surface area contributed by atoms with Gasteiger partial charge in [-0.25, -0.2) is 4.98 Å². The number of nitrogen functional groups attached to an aromatic ring is 1. The molecule has 0 radical (unpaired) electrons. The minimum absolute atomic E-state index is 0.139. The lowest BCUT2D eigenvalue weighted by atomic mass is 10.1. The molecule has 4 heteroatoms. The maximum Gasteiger partial charge on any atom is 0.201 e. The van der Waals surface area contributed by atoms with Gasteiger partial charge >= 0.3 is 0 Å². The number of para-hydroxylation sites is 2. The summed E-state index contributed by atoms with van der Waals surface area (Å²) in [5.41, 5.74) is 9.18. The summed E-state index contributed by atoms with van der Waals surface area (Å²) in [6.45, 7) is 2.11. The highest BCUT2D eigenvalue weighted by atomic mass is 15.2. The van der Waals surface area contributed by atoms with Crippen LogP contribution in [0.25, 0.3) is 11.0 Å². The van der Waals surface area contributed by atoms with Crippen LogP contribution >= 0.6 is 0 Å². The zero-order valence-corrected chi connectivity index (χ0v) is 10.1. The van der Waals surface area contributed by atoms with Crippen molar-refractivity contribution in [3.63, 3.8) is 0 Å². The first-order valence-corrected chi connectivity index (χ1v) is 5.90. The third-order valence-electron chi connectivity index (χ3n) is 3.20. The SMILES string of the molecule is CC(c1ccncc1)n1c(N)nc2ccccc21. The molecular formula is C14H14N4. The second-order valence-electron chi connectivity index (χ2n) is 4.29. The minimum Gasteiger partial charge on any atom is -0.369 e. The van der Waals surface area contributed by atoms with Crippen molar-refractivity contribution in [3.05, 3.63) is 54.4 Å². The van der Waals surface area contributed by atoms with Crippen LogP contribution in [0.5, 0.6) is 0 Å². The molecule has 3 rings (SSSR count). The molecule has 0 fully saturated rings. The van der Waals surface area contributed by atoms with E-state index in [1.807, 2.05) is 41.0 Å². The van der Waals surface area contributed by atoms with E-state index in [2.05, 4.69) is 16.9 Å². The zero-order valence-electron chi connectivity index (χ0n) is 10.1. The van der Waals surface area contributed by atoms with Gasteiger partial charge in [0, 0.05) is 12.4 Å². The molecule has 0 saturated carbocycles. The number of rotatable bonds is 2. The monoisotopic (exact) mass is 238 g/mol. The largest absolute Gasteiger partial charge is 0.369 e. The van der Waals surface area contributed by atoms with E-state index in [1.165, 1.54) is 5.56 Å². The van der Waals surface area contributed by atoms with Crippen LogP contribution in [0, 0.1) is 0 Å². The number of hydrogen-bond donors (Lipinski definition) is 1. The molecule has 18 heavy (non-hydrogen) atoms. The fraction of sp³-hybridized carbons (Fsp3) is 0.143. The summed E-state index contributed by atoms with van der Waals surface area (Å²) in [6, 6.07) is 12.1. The number of benzene rings is 1. The van der Waals surface area contributed by atoms with E-state index < -0.39 is 0 Å². The molecule has 0 aliphatic carbocycles. The fourth-order valence-corrected chi connectivity index (χ4v) is 2.26. The fourth-order valence-electron chi connectivity index (χ4n) is 2.26. The summed E-state index contributed by atoms with van der Waals surface area (Å²) in [4.78, 5) is 8.42. The van der Waals surface area contributed by atoms with Crippen molar-refractivity contribution in [3.8, 4) is 0 Å². The summed E-state index contributed by atoms with van der Waals surface area (Å²) >= 11 is 0. The highest BCUT2D eigenvalue weighted by molar-refractivity contribution is 5.78. The molecule has 1 aromatic carbocycles. The van der Waals surface area contributed by atoms with Crippen LogP contribution in [-0.4, -0.2) is 14.5 Å². The van der Waals surface area contributed by atoms with E-state index in [-0.39, 0.29) is 6.04 Å². The number of imidazole rings is 1. The van der Waals surface area contributed by atoms with Crippen molar-refractivity contribution in [1.82, 2.24) is 14.5 Å². The van der Waals surface area contributed by atoms with Crippen LogP contribution in [0.2, 0.25) is 0 Å². The Morgan fingerprint density at radius 1 is 1.11 bits per heavy atom. The lowest BCUT2D eigenvalue weighted by Gasteiger charge is -2.16. The molecule has 2 N–H and O–H groups in total. The maximum atomic E-state index is 6.03. The zero-order chi connectivity index (χ0) is 12.5. The van der Waals surface area contributed by atoms with E-state index in [4.69, 9.17) is 5.73 Å². The van der Waals surface area contributed by atoms with Gasteiger partial charge in [-0.2, -0.15) is 0 Å². The second-order valence-corrected chi connectivity index (χ2v) is 4.29. The molecule has 4 nitrogen and oxygen atoms in total. The van der Waals surface area contributed by atoms with Gasteiger partial charge in [-0.3, -0.25) is 4.98 Å². The van der Waals surface area contributed by atoms with Gasteiger partial charge in [0.2, 0.25) is 5.95 Å². The van der Waals surface area contributed by atoms with Crippen molar-refractivity contribution < 1.29 is 0 Å². The summed E-state index contributed by atoms with van der Waals surface area (Å²) in [5, 5.41) is 0. The van der Waals surface area contributed by atoms with Crippen molar-refractivity contribution in [1.29, 1.82) is 0 Å². The van der Waals surface area contributed by atoms with Gasteiger partial charge < -0.3 is 10.3 Å². The smallest absolute Gasteiger partial charge is 0.201 e. The Morgan fingerprint density at radius 2 is 1.83 bits per heavy atom. The van der Waals surface area contributed by atoms with Crippen LogP contribution in [0.4, 0.5) is 5.95 Å². The molecule has 0 saturated heterocycles. The molecule has 0 aliphatic heterocycles. The first kappa shape index (κ1) is 10.8. The van der Waals surface area contributed by atoms with Crippen molar-refractivity contribution in [2.45, 2.75) is 13.0 Å². The van der Waals surface area contributed by atoms with Crippen LogP contribution in [0.3, 0.4) is 0 Å². The quantitative estimate of drug-likeness (QED) is 0.746. The van der Waals surface area contributed by atoms with Gasteiger partial charge in [0.15, 0.2) is 0 Å². The predicted octanol–water partition coefficient (Wildman–Crippen LogP) is 2.62. The van der Waals surface area contributed by atoms with E-state index in [1.54, 1.807) is 12.4 Å². The normalized spacial score (nSPS) is 12.7. The predicted molar refractivity (Wildman–Crippen MR) is 72.2 cm³/mol. The average Bonchev–Trinajstić information content (AvgIpc) is 2.75. The summed E-state index contributed by atoms with van der Waals surface area (Å²) in [6.07, 6.45) is 3.59. The standard InChI is InChI=1S/C14H14N4/c1-10(11-6-8-16-9-7-11)18-13-5-3-2-4-12(13)17-14(18)15/h2-10H,1H3,(H2,15,17). The molecule has 0 spiro atoms. The third kappa shape index (κ3) is 1.62. The first-order valence-electron chi connectivity index (χ1n) is 5.90. The Bertz CT molecular complexity index is 673. The van der Waals surface area contributed by atoms with Gasteiger partial charge in [0.05, 0.1) is 17.1 Å². The van der Waals surface area contributed by atoms with Gasteiger partial charge in [-0.05, 0) is 36.8 Å². The van der Waals surface area contributed by atoms with E-state index in [0.29, 0.717) is 5.95 Å². The van der Waals surface area contributed by atoms with Crippen molar-refractivity contribution >= 4 is 17.0 Å². The number of fused-ring (bicyclic) bond motifs is 1. The molecule has 0 aliphatic rings. The molecule has 2 heterocycles. The van der Waals surface area contributed by atoms with Crippen LogP contribution < -0.4 is 5.73 Å². The van der Waals surface area contributed by atoms with Gasteiger partial charge in [-0.15, -0.1) is 0 Å². The number of anilines is 1. The summed E-state index contributed by atoms with van der Waals surface area (Å²) in [7, 11) is 0. The maximum absolute atomic E-state index is 6.03. The highest BCUT2D eigenvalue weighted by Gasteiger charge is 2.14. The van der Waals surface area contributed by atoms with Crippen molar-refractivity contribution in [2.75, 3.05) is 5.73 Å². The van der Waals surface area contributed by atoms with Crippen molar-refractivity contribution in [2.24, 2.45) is 0 Å². The minimum atomic E-state index is 0.139. The van der Waals surface area contributed by atoms with Gasteiger partial charge in [0.25, 0.3) is 0 Å². The van der Waals surface area contributed by atoms with Crippen LogP contribution in [-0.2, 0) is 0 Å². The van der Waals surface area contributed by atoms with Crippen LogP contribution in [0.15, 0.2) is 48.8 Å². The number of pyridine rings is 1. The Kier molecular flexibility index (Phi) is 2.48. The van der Waals surface area contributed by atoms with E-state index in [9.17, 15) is 0 Å². The Hall–Kier alpha value is -2.36. The Labute approximate surface area is 105 Å². The highest BCUT2D eigenvalue weighted by Crippen LogP contribution is 2.26.